The fourth-order valence-corrected chi connectivity index (χ4v) is 2.28. The topological polar surface area (TPSA) is 40.5 Å². The van der Waals surface area contributed by atoms with Gasteiger partial charge >= 0.3 is 0 Å². The zero-order valence-corrected chi connectivity index (χ0v) is 11.0. The first kappa shape index (κ1) is 14.9. The Balaban J connectivity index is 4.49. The Morgan fingerprint density at radius 2 is 1.73 bits per heavy atom. The Labute approximate surface area is 94.7 Å². The molecule has 0 bridgehead atoms. The summed E-state index contributed by atoms with van der Waals surface area (Å²) in [4.78, 5) is 0. The SMILES string of the molecule is CCCCC(CC)C(C)(O)C(O)C(C)C. The molecule has 2 heteroatoms. The number of aliphatic hydroxyl groups excluding tert-OH is 1. The van der Waals surface area contributed by atoms with Crippen LogP contribution in [0.1, 0.15) is 60.3 Å². The number of hydrogen-bond acceptors (Lipinski definition) is 2. The Morgan fingerprint density at radius 3 is 2.07 bits per heavy atom. The van der Waals surface area contributed by atoms with Crippen LogP contribution in [0.2, 0.25) is 0 Å². The van der Waals surface area contributed by atoms with E-state index < -0.39 is 11.7 Å². The van der Waals surface area contributed by atoms with Gasteiger partial charge in [-0.05, 0) is 25.2 Å². The van der Waals surface area contributed by atoms with Gasteiger partial charge in [-0.15, -0.1) is 0 Å². The van der Waals surface area contributed by atoms with Gasteiger partial charge in [0, 0.05) is 0 Å². The van der Waals surface area contributed by atoms with Crippen molar-refractivity contribution < 1.29 is 10.2 Å². The maximum atomic E-state index is 10.4. The first-order chi connectivity index (χ1) is 6.87. The number of rotatable bonds is 7. The van der Waals surface area contributed by atoms with Gasteiger partial charge in [-0.3, -0.25) is 0 Å². The highest BCUT2D eigenvalue weighted by molar-refractivity contribution is 4.89. The van der Waals surface area contributed by atoms with E-state index in [9.17, 15) is 10.2 Å². The number of aliphatic hydroxyl groups is 2. The molecule has 0 aromatic heterocycles. The molecule has 2 nitrogen and oxygen atoms in total. The fraction of sp³-hybridized carbons (Fsp3) is 1.00. The molecule has 0 fully saturated rings. The zero-order chi connectivity index (χ0) is 12.1. The highest BCUT2D eigenvalue weighted by Crippen LogP contribution is 2.31. The van der Waals surface area contributed by atoms with Crippen LogP contribution in [0, 0.1) is 11.8 Å². The average molecular weight is 216 g/mol. The molecular formula is C13H28O2. The summed E-state index contributed by atoms with van der Waals surface area (Å²) < 4.78 is 0. The molecule has 0 aromatic carbocycles. The quantitative estimate of drug-likeness (QED) is 0.687. The summed E-state index contributed by atoms with van der Waals surface area (Å²) in [5, 5.41) is 20.4. The van der Waals surface area contributed by atoms with Gasteiger partial charge in [0.15, 0.2) is 0 Å². The normalized spacial score (nSPS) is 20.0. The van der Waals surface area contributed by atoms with Crippen molar-refractivity contribution in [2.24, 2.45) is 11.8 Å². The van der Waals surface area contributed by atoms with Crippen LogP contribution in [0.4, 0.5) is 0 Å². The third kappa shape index (κ3) is 4.12. The van der Waals surface area contributed by atoms with Crippen LogP contribution in [-0.2, 0) is 0 Å². The molecule has 0 aromatic rings. The maximum Gasteiger partial charge on any atom is 0.0907 e. The fourth-order valence-electron chi connectivity index (χ4n) is 2.28. The largest absolute Gasteiger partial charge is 0.390 e. The van der Waals surface area contributed by atoms with Gasteiger partial charge in [0.2, 0.25) is 0 Å². The second-order valence-electron chi connectivity index (χ2n) is 5.16. The lowest BCUT2D eigenvalue weighted by Crippen LogP contribution is -2.48. The van der Waals surface area contributed by atoms with E-state index in [-0.39, 0.29) is 11.8 Å². The summed E-state index contributed by atoms with van der Waals surface area (Å²) in [6.07, 6.45) is 3.57. The lowest BCUT2D eigenvalue weighted by molar-refractivity contribution is -0.121. The lowest BCUT2D eigenvalue weighted by atomic mass is 9.76. The number of unbranched alkanes of at least 4 members (excludes halogenated alkanes) is 1. The monoisotopic (exact) mass is 216 g/mol. The van der Waals surface area contributed by atoms with Gasteiger partial charge < -0.3 is 10.2 Å². The molecule has 0 saturated heterocycles. The minimum Gasteiger partial charge on any atom is -0.390 e. The molecule has 92 valence electrons. The van der Waals surface area contributed by atoms with E-state index >= 15 is 0 Å². The molecule has 0 heterocycles. The van der Waals surface area contributed by atoms with Crippen molar-refractivity contribution in [3.8, 4) is 0 Å². The molecule has 0 aliphatic rings. The second kappa shape index (κ2) is 6.49. The van der Waals surface area contributed by atoms with Crippen LogP contribution < -0.4 is 0 Å². The van der Waals surface area contributed by atoms with Crippen molar-refractivity contribution in [3.05, 3.63) is 0 Å². The highest BCUT2D eigenvalue weighted by Gasteiger charge is 2.38. The Morgan fingerprint density at radius 1 is 1.20 bits per heavy atom. The van der Waals surface area contributed by atoms with Gasteiger partial charge in [-0.1, -0.05) is 47.0 Å². The van der Waals surface area contributed by atoms with Gasteiger partial charge in [0.1, 0.15) is 0 Å². The molecule has 0 aliphatic carbocycles. The summed E-state index contributed by atoms with van der Waals surface area (Å²) >= 11 is 0. The van der Waals surface area contributed by atoms with Gasteiger partial charge in [-0.2, -0.15) is 0 Å². The van der Waals surface area contributed by atoms with Crippen molar-refractivity contribution in [1.29, 1.82) is 0 Å². The summed E-state index contributed by atoms with van der Waals surface area (Å²) in [5.74, 6) is 0.311. The van der Waals surface area contributed by atoms with Crippen LogP contribution in [-0.4, -0.2) is 21.9 Å². The summed E-state index contributed by atoms with van der Waals surface area (Å²) in [6.45, 7) is 9.92. The summed E-state index contributed by atoms with van der Waals surface area (Å²) in [7, 11) is 0. The average Bonchev–Trinajstić information content (AvgIpc) is 2.17. The van der Waals surface area contributed by atoms with E-state index in [0.717, 1.165) is 25.7 Å². The number of hydrogen-bond donors (Lipinski definition) is 2. The molecule has 0 aliphatic heterocycles. The minimum absolute atomic E-state index is 0.107. The molecule has 0 radical (unpaired) electrons. The van der Waals surface area contributed by atoms with E-state index in [1.807, 2.05) is 13.8 Å². The highest BCUT2D eigenvalue weighted by atomic mass is 16.3. The van der Waals surface area contributed by atoms with E-state index in [2.05, 4.69) is 13.8 Å². The molecule has 3 unspecified atom stereocenters. The minimum atomic E-state index is -0.946. The summed E-state index contributed by atoms with van der Waals surface area (Å²) in [6, 6.07) is 0. The molecule has 0 amide bonds. The second-order valence-corrected chi connectivity index (χ2v) is 5.16. The van der Waals surface area contributed by atoms with Crippen molar-refractivity contribution in [2.75, 3.05) is 0 Å². The molecule has 2 N–H and O–H groups in total. The maximum absolute atomic E-state index is 10.4. The predicted octanol–water partition coefficient (Wildman–Crippen LogP) is 2.97. The lowest BCUT2D eigenvalue weighted by Gasteiger charge is -2.38. The van der Waals surface area contributed by atoms with Crippen LogP contribution in [0.25, 0.3) is 0 Å². The van der Waals surface area contributed by atoms with Crippen molar-refractivity contribution in [3.63, 3.8) is 0 Å². The Bertz CT molecular complexity index is 164. The Hall–Kier alpha value is -0.0800. The first-order valence-corrected chi connectivity index (χ1v) is 6.28. The molecule has 15 heavy (non-hydrogen) atoms. The van der Waals surface area contributed by atoms with E-state index in [4.69, 9.17) is 0 Å². The standard InChI is InChI=1S/C13H28O2/c1-6-8-9-11(7-2)13(5,15)12(14)10(3)4/h10-12,14-15H,6-9H2,1-5H3. The van der Waals surface area contributed by atoms with Crippen LogP contribution in [0.15, 0.2) is 0 Å². The molecule has 3 atom stereocenters. The molecule has 0 saturated carbocycles. The van der Waals surface area contributed by atoms with Crippen molar-refractivity contribution in [1.82, 2.24) is 0 Å². The van der Waals surface area contributed by atoms with Crippen molar-refractivity contribution in [2.45, 2.75) is 72.0 Å². The van der Waals surface area contributed by atoms with Gasteiger partial charge in [-0.25, -0.2) is 0 Å². The van der Waals surface area contributed by atoms with Gasteiger partial charge in [0.25, 0.3) is 0 Å². The van der Waals surface area contributed by atoms with Crippen LogP contribution >= 0.6 is 0 Å². The third-order valence-corrected chi connectivity index (χ3v) is 3.46. The molecule has 0 rings (SSSR count). The molecular weight excluding hydrogens is 188 g/mol. The zero-order valence-electron chi connectivity index (χ0n) is 11.0. The third-order valence-electron chi connectivity index (χ3n) is 3.46. The van der Waals surface area contributed by atoms with E-state index in [0.29, 0.717) is 0 Å². The van der Waals surface area contributed by atoms with E-state index in [1.165, 1.54) is 0 Å². The smallest absolute Gasteiger partial charge is 0.0907 e. The van der Waals surface area contributed by atoms with Crippen LogP contribution in [0.3, 0.4) is 0 Å². The van der Waals surface area contributed by atoms with E-state index in [1.54, 1.807) is 6.92 Å². The summed E-state index contributed by atoms with van der Waals surface area (Å²) in [5.41, 5.74) is -0.946. The van der Waals surface area contributed by atoms with Gasteiger partial charge in [0.05, 0.1) is 11.7 Å². The first-order valence-electron chi connectivity index (χ1n) is 6.28. The van der Waals surface area contributed by atoms with Crippen LogP contribution in [0.5, 0.6) is 0 Å². The Kier molecular flexibility index (Phi) is 6.46. The molecule has 0 spiro atoms. The predicted molar refractivity (Wildman–Crippen MR) is 64.8 cm³/mol. The van der Waals surface area contributed by atoms with Crippen molar-refractivity contribution >= 4 is 0 Å².